The first-order valence-corrected chi connectivity index (χ1v) is 13.7. The van der Waals surface area contributed by atoms with Gasteiger partial charge in [0.25, 0.3) is 11.4 Å². The summed E-state index contributed by atoms with van der Waals surface area (Å²) in [4.78, 5) is 25.1. The second-order valence-electron chi connectivity index (χ2n) is 8.99. The third-order valence-electron chi connectivity index (χ3n) is 6.15. The molecule has 3 rings (SSSR count). The maximum atomic E-state index is 13.8. The van der Waals surface area contributed by atoms with Crippen molar-refractivity contribution in [2.75, 3.05) is 50.1 Å². The minimum atomic E-state index is -3.92. The summed E-state index contributed by atoms with van der Waals surface area (Å²) < 4.78 is 28.8. The van der Waals surface area contributed by atoms with Crippen molar-refractivity contribution in [2.45, 2.75) is 4.90 Å². The Kier molecular flexibility index (Phi) is 9.75. The van der Waals surface area contributed by atoms with E-state index >= 15 is 0 Å². The Balaban J connectivity index is 1.89. The van der Waals surface area contributed by atoms with E-state index in [0.29, 0.717) is 5.39 Å². The first-order chi connectivity index (χ1) is 19.0. The van der Waals surface area contributed by atoms with E-state index in [0.717, 1.165) is 17.1 Å². The summed E-state index contributed by atoms with van der Waals surface area (Å²) >= 11 is 0. The van der Waals surface area contributed by atoms with Gasteiger partial charge in [0.05, 0.1) is 20.8 Å². The summed E-state index contributed by atoms with van der Waals surface area (Å²) in [6.07, 6.45) is 6.40. The molecule has 0 bridgehead atoms. The van der Waals surface area contributed by atoms with Crippen molar-refractivity contribution in [3.63, 3.8) is 0 Å². The molecule has 0 aliphatic heterocycles. The van der Waals surface area contributed by atoms with E-state index in [9.17, 15) is 28.6 Å². The SMILES string of the molecule is C=CCN(C/C=C/CN(CC=C)S(=O)(=O)c1cccc2c(N(C)C)cccc12)c1ccc([N+](=O)[O-])cc1[N+](=O)[O-]. The molecule has 0 aromatic heterocycles. The van der Waals surface area contributed by atoms with E-state index < -0.39 is 25.6 Å². The van der Waals surface area contributed by atoms with Crippen LogP contribution < -0.4 is 9.80 Å². The number of sulfonamides is 1. The molecule has 0 saturated heterocycles. The minimum Gasteiger partial charge on any atom is -0.377 e. The van der Waals surface area contributed by atoms with Gasteiger partial charge in [-0.25, -0.2) is 8.42 Å². The van der Waals surface area contributed by atoms with Crippen LogP contribution in [0.4, 0.5) is 22.7 Å². The molecule has 11 nitrogen and oxygen atoms in total. The van der Waals surface area contributed by atoms with Crippen LogP contribution in [0.2, 0.25) is 0 Å². The number of fused-ring (bicyclic) bond motifs is 1. The molecule has 0 N–H and O–H groups in total. The molecule has 12 heteroatoms. The fourth-order valence-corrected chi connectivity index (χ4v) is 5.86. The van der Waals surface area contributed by atoms with Crippen LogP contribution in [0.1, 0.15) is 0 Å². The highest BCUT2D eigenvalue weighted by molar-refractivity contribution is 7.89. The molecule has 0 unspecified atom stereocenters. The largest absolute Gasteiger partial charge is 0.377 e. The van der Waals surface area contributed by atoms with Gasteiger partial charge < -0.3 is 9.80 Å². The lowest BCUT2D eigenvalue weighted by molar-refractivity contribution is -0.393. The van der Waals surface area contributed by atoms with Crippen molar-refractivity contribution in [1.82, 2.24) is 4.31 Å². The Labute approximate surface area is 233 Å². The third kappa shape index (κ3) is 6.53. The average Bonchev–Trinajstić information content (AvgIpc) is 2.92. The Morgan fingerprint density at radius 1 is 0.800 bits per heavy atom. The van der Waals surface area contributed by atoms with E-state index in [1.807, 2.05) is 37.2 Å². The van der Waals surface area contributed by atoms with E-state index in [4.69, 9.17) is 0 Å². The zero-order valence-corrected chi connectivity index (χ0v) is 23.2. The number of rotatable bonds is 14. The summed E-state index contributed by atoms with van der Waals surface area (Å²) in [5.74, 6) is 0. The van der Waals surface area contributed by atoms with Crippen LogP contribution in [0.25, 0.3) is 10.8 Å². The molecule has 0 fully saturated rings. The van der Waals surface area contributed by atoms with E-state index in [2.05, 4.69) is 13.2 Å². The van der Waals surface area contributed by atoms with Gasteiger partial charge in [0.1, 0.15) is 5.69 Å². The highest BCUT2D eigenvalue weighted by Gasteiger charge is 2.26. The van der Waals surface area contributed by atoms with Gasteiger partial charge in [0, 0.05) is 62.8 Å². The van der Waals surface area contributed by atoms with Crippen LogP contribution >= 0.6 is 0 Å². The van der Waals surface area contributed by atoms with Crippen LogP contribution in [0.3, 0.4) is 0 Å². The Morgan fingerprint density at radius 3 is 2.08 bits per heavy atom. The highest BCUT2D eigenvalue weighted by atomic mass is 32.2. The first kappa shape index (κ1) is 30.0. The molecule has 40 heavy (non-hydrogen) atoms. The predicted molar refractivity (Wildman–Crippen MR) is 159 cm³/mol. The lowest BCUT2D eigenvalue weighted by Crippen LogP contribution is -2.32. The molecular weight excluding hydrogens is 534 g/mol. The summed E-state index contributed by atoms with van der Waals surface area (Å²) in [5, 5.41) is 24.1. The maximum Gasteiger partial charge on any atom is 0.299 e. The summed E-state index contributed by atoms with van der Waals surface area (Å²) in [6.45, 7) is 7.89. The lowest BCUT2D eigenvalue weighted by Gasteiger charge is -2.23. The number of nitro groups is 2. The van der Waals surface area contributed by atoms with Gasteiger partial charge in [-0.15, -0.1) is 13.2 Å². The number of hydrogen-bond donors (Lipinski definition) is 0. The number of anilines is 2. The molecule has 0 aliphatic rings. The molecule has 0 heterocycles. The molecular formula is C28H31N5O6S. The van der Waals surface area contributed by atoms with Crippen molar-refractivity contribution >= 4 is 43.5 Å². The summed E-state index contributed by atoms with van der Waals surface area (Å²) in [5.41, 5.74) is 0.282. The van der Waals surface area contributed by atoms with Crippen LogP contribution in [0, 0.1) is 20.2 Å². The zero-order chi connectivity index (χ0) is 29.4. The van der Waals surface area contributed by atoms with Crippen LogP contribution in [-0.4, -0.2) is 62.8 Å². The molecule has 0 aliphatic carbocycles. The quantitative estimate of drug-likeness (QED) is 0.149. The number of non-ortho nitro benzene ring substituents is 1. The van der Waals surface area contributed by atoms with E-state index in [1.54, 1.807) is 41.3 Å². The average molecular weight is 566 g/mol. The molecule has 3 aromatic carbocycles. The Morgan fingerprint density at radius 2 is 1.45 bits per heavy atom. The number of nitro benzene ring substituents is 2. The molecule has 210 valence electrons. The summed E-state index contributed by atoms with van der Waals surface area (Å²) in [7, 11) is -0.128. The van der Waals surface area contributed by atoms with Crippen molar-refractivity contribution < 1.29 is 18.3 Å². The Hall–Kier alpha value is -4.55. The third-order valence-corrected chi connectivity index (χ3v) is 8.04. The lowest BCUT2D eigenvalue weighted by atomic mass is 10.1. The van der Waals surface area contributed by atoms with Crippen molar-refractivity contribution in [3.05, 3.63) is 112 Å². The second-order valence-corrected chi connectivity index (χ2v) is 10.9. The van der Waals surface area contributed by atoms with Crippen LogP contribution in [-0.2, 0) is 10.0 Å². The van der Waals surface area contributed by atoms with Gasteiger partial charge in [0.15, 0.2) is 0 Å². The fourth-order valence-electron chi connectivity index (χ4n) is 4.29. The zero-order valence-electron chi connectivity index (χ0n) is 22.3. The second kappa shape index (κ2) is 13.0. The van der Waals surface area contributed by atoms with Crippen LogP contribution in [0.15, 0.2) is 97.0 Å². The standard InChI is InChI=1S/C28H31N5O6S/c1-5-17-30(26-16-15-22(32(34)35)21-27(26)33(36)37)19-7-8-20-31(18-6-2)40(38,39)28-14-10-11-23-24(28)12-9-13-25(23)29(3)4/h5-16,21H,1-2,17-20H2,3-4H3/b8-7+. The van der Waals surface area contributed by atoms with Crippen LogP contribution in [0.5, 0.6) is 0 Å². The van der Waals surface area contributed by atoms with Crippen molar-refractivity contribution in [3.8, 4) is 0 Å². The molecule has 0 spiro atoms. The predicted octanol–water partition coefficient (Wildman–Crippen LogP) is 5.15. The molecule has 0 saturated carbocycles. The fraction of sp³-hybridized carbons (Fsp3) is 0.214. The number of hydrogen-bond acceptors (Lipinski definition) is 8. The van der Waals surface area contributed by atoms with Gasteiger partial charge in [0.2, 0.25) is 10.0 Å². The Bertz CT molecular complexity index is 1570. The molecule has 3 aromatic rings. The van der Waals surface area contributed by atoms with Gasteiger partial charge in [-0.1, -0.05) is 48.6 Å². The maximum absolute atomic E-state index is 13.8. The number of nitrogens with zero attached hydrogens (tertiary/aromatic N) is 5. The molecule has 0 amide bonds. The van der Waals surface area contributed by atoms with Gasteiger partial charge >= 0.3 is 0 Å². The van der Waals surface area contributed by atoms with E-state index in [-0.39, 0.29) is 42.4 Å². The highest BCUT2D eigenvalue weighted by Crippen LogP contribution is 2.33. The molecule has 0 radical (unpaired) electrons. The topological polar surface area (TPSA) is 130 Å². The molecule has 0 atom stereocenters. The summed E-state index contributed by atoms with van der Waals surface area (Å²) in [6, 6.07) is 14.1. The minimum absolute atomic E-state index is 0.0302. The normalized spacial score (nSPS) is 11.6. The van der Waals surface area contributed by atoms with Gasteiger partial charge in [-0.05, 0) is 18.2 Å². The van der Waals surface area contributed by atoms with Gasteiger partial charge in [-0.2, -0.15) is 4.31 Å². The monoisotopic (exact) mass is 565 g/mol. The van der Waals surface area contributed by atoms with Crippen molar-refractivity contribution in [2.24, 2.45) is 0 Å². The number of benzene rings is 3. The van der Waals surface area contributed by atoms with E-state index in [1.165, 1.54) is 22.5 Å². The first-order valence-electron chi connectivity index (χ1n) is 12.3. The van der Waals surface area contributed by atoms with Crippen molar-refractivity contribution in [1.29, 1.82) is 0 Å². The van der Waals surface area contributed by atoms with Gasteiger partial charge in [-0.3, -0.25) is 20.2 Å². The smallest absolute Gasteiger partial charge is 0.299 e.